The Hall–Kier alpha value is -0.650. The van der Waals surface area contributed by atoms with E-state index in [0.29, 0.717) is 32.7 Å². The summed E-state index contributed by atoms with van der Waals surface area (Å²) in [6.07, 6.45) is 0.470. The molecule has 0 rings (SSSR count). The molecule has 1 amide bonds. The molecule has 0 aliphatic rings. The van der Waals surface area contributed by atoms with Crippen molar-refractivity contribution in [1.29, 1.82) is 0 Å². The average molecular weight is 232 g/mol. The fourth-order valence-electron chi connectivity index (χ4n) is 1.12. The Bertz CT molecular complexity index is 190. The van der Waals surface area contributed by atoms with E-state index >= 15 is 0 Å². The number of amides is 1. The van der Waals surface area contributed by atoms with Gasteiger partial charge in [-0.2, -0.15) is 0 Å². The molecule has 3 N–H and O–H groups in total. The van der Waals surface area contributed by atoms with Gasteiger partial charge in [0.25, 0.3) is 0 Å². The summed E-state index contributed by atoms with van der Waals surface area (Å²) in [7, 11) is 0. The van der Waals surface area contributed by atoms with Crippen molar-refractivity contribution in [2.24, 2.45) is 0 Å². The van der Waals surface area contributed by atoms with Crippen LogP contribution in [0.1, 0.15) is 27.2 Å². The first-order chi connectivity index (χ1) is 7.45. The standard InChI is InChI=1S/C11H24N2O3/c1-11(2,3)13-10(15)4-5-12-6-8-16-9-7-14/h12,14H,4-9H2,1-3H3,(H,13,15). The molecule has 0 saturated carbocycles. The third kappa shape index (κ3) is 11.4. The van der Waals surface area contributed by atoms with E-state index in [1.807, 2.05) is 20.8 Å². The van der Waals surface area contributed by atoms with Crippen LogP contribution in [0.15, 0.2) is 0 Å². The largest absolute Gasteiger partial charge is 0.394 e. The summed E-state index contributed by atoms with van der Waals surface area (Å²) in [4.78, 5) is 11.4. The van der Waals surface area contributed by atoms with Crippen LogP contribution in [0.5, 0.6) is 0 Å². The van der Waals surface area contributed by atoms with Crippen LogP contribution in [0.2, 0.25) is 0 Å². The average Bonchev–Trinajstić information content (AvgIpc) is 2.13. The van der Waals surface area contributed by atoms with Crippen molar-refractivity contribution in [2.75, 3.05) is 32.9 Å². The van der Waals surface area contributed by atoms with E-state index in [4.69, 9.17) is 9.84 Å². The molecule has 0 fully saturated rings. The fraction of sp³-hybridized carbons (Fsp3) is 0.909. The zero-order chi connectivity index (χ0) is 12.4. The van der Waals surface area contributed by atoms with Gasteiger partial charge >= 0.3 is 0 Å². The summed E-state index contributed by atoms with van der Waals surface area (Å²) in [6.45, 7) is 8.19. The Kier molecular flexibility index (Phi) is 8.15. The van der Waals surface area contributed by atoms with Gasteiger partial charge in [-0.15, -0.1) is 0 Å². The number of aliphatic hydroxyl groups excluding tert-OH is 1. The Morgan fingerprint density at radius 3 is 2.50 bits per heavy atom. The van der Waals surface area contributed by atoms with E-state index in [2.05, 4.69) is 10.6 Å². The monoisotopic (exact) mass is 232 g/mol. The lowest BCUT2D eigenvalue weighted by molar-refractivity contribution is -0.122. The highest BCUT2D eigenvalue weighted by atomic mass is 16.5. The van der Waals surface area contributed by atoms with Gasteiger partial charge in [0.05, 0.1) is 19.8 Å². The number of hydrogen-bond acceptors (Lipinski definition) is 4. The van der Waals surface area contributed by atoms with Gasteiger partial charge in [-0.1, -0.05) is 0 Å². The second-order valence-electron chi connectivity index (χ2n) is 4.63. The molecule has 0 aromatic heterocycles. The lowest BCUT2D eigenvalue weighted by atomic mass is 10.1. The van der Waals surface area contributed by atoms with Crippen molar-refractivity contribution in [3.8, 4) is 0 Å². The Labute approximate surface area is 97.6 Å². The van der Waals surface area contributed by atoms with E-state index in [1.54, 1.807) is 0 Å². The Balaban J connectivity index is 3.28. The summed E-state index contributed by atoms with van der Waals surface area (Å²) in [5.74, 6) is 0.0521. The number of aliphatic hydroxyl groups is 1. The van der Waals surface area contributed by atoms with Crippen molar-refractivity contribution < 1.29 is 14.6 Å². The van der Waals surface area contributed by atoms with Gasteiger partial charge in [-0.3, -0.25) is 4.79 Å². The molecule has 0 spiro atoms. The second kappa shape index (κ2) is 8.50. The van der Waals surface area contributed by atoms with Crippen LogP contribution in [-0.4, -0.2) is 49.5 Å². The molecule has 96 valence electrons. The Morgan fingerprint density at radius 2 is 1.94 bits per heavy atom. The van der Waals surface area contributed by atoms with Crippen molar-refractivity contribution >= 4 is 5.91 Å². The fourth-order valence-corrected chi connectivity index (χ4v) is 1.12. The molecule has 0 radical (unpaired) electrons. The predicted octanol–water partition coefficient (Wildman–Crippen LogP) is -0.110. The van der Waals surface area contributed by atoms with Crippen molar-refractivity contribution in [2.45, 2.75) is 32.7 Å². The number of carbonyl (C=O) groups is 1. The third-order valence-electron chi connectivity index (χ3n) is 1.70. The van der Waals surface area contributed by atoms with Crippen molar-refractivity contribution in [3.63, 3.8) is 0 Å². The van der Waals surface area contributed by atoms with Crippen LogP contribution < -0.4 is 10.6 Å². The van der Waals surface area contributed by atoms with Crippen LogP contribution in [0.3, 0.4) is 0 Å². The maximum absolute atomic E-state index is 11.4. The molecule has 0 unspecified atom stereocenters. The van der Waals surface area contributed by atoms with Gasteiger partial charge in [-0.05, 0) is 20.8 Å². The van der Waals surface area contributed by atoms with Crippen molar-refractivity contribution in [3.05, 3.63) is 0 Å². The molecule has 0 heterocycles. The van der Waals surface area contributed by atoms with Gasteiger partial charge in [0.15, 0.2) is 0 Å². The minimum Gasteiger partial charge on any atom is -0.394 e. The summed E-state index contributed by atoms with van der Waals surface area (Å²) in [5.41, 5.74) is -0.165. The second-order valence-corrected chi connectivity index (χ2v) is 4.63. The topological polar surface area (TPSA) is 70.6 Å². The van der Waals surface area contributed by atoms with E-state index in [1.165, 1.54) is 0 Å². The third-order valence-corrected chi connectivity index (χ3v) is 1.70. The molecule has 0 aliphatic heterocycles. The van der Waals surface area contributed by atoms with Crippen LogP contribution in [-0.2, 0) is 9.53 Å². The van der Waals surface area contributed by atoms with Crippen LogP contribution in [0, 0.1) is 0 Å². The summed E-state index contributed by atoms with van der Waals surface area (Å²) in [5, 5.41) is 14.4. The first-order valence-corrected chi connectivity index (χ1v) is 5.66. The molecule has 5 heteroatoms. The first-order valence-electron chi connectivity index (χ1n) is 5.66. The van der Waals surface area contributed by atoms with Gasteiger partial charge in [0, 0.05) is 25.0 Å². The molecule has 0 aromatic rings. The van der Waals surface area contributed by atoms with Crippen LogP contribution in [0.25, 0.3) is 0 Å². The first kappa shape index (κ1) is 15.3. The normalized spacial score (nSPS) is 11.5. The molecule has 0 aliphatic carbocycles. The minimum atomic E-state index is -0.165. The van der Waals surface area contributed by atoms with E-state index in [-0.39, 0.29) is 18.1 Å². The zero-order valence-corrected chi connectivity index (χ0v) is 10.5. The van der Waals surface area contributed by atoms with Crippen LogP contribution >= 0.6 is 0 Å². The molecular weight excluding hydrogens is 208 g/mol. The van der Waals surface area contributed by atoms with Crippen molar-refractivity contribution in [1.82, 2.24) is 10.6 Å². The number of nitrogens with one attached hydrogen (secondary N) is 2. The maximum Gasteiger partial charge on any atom is 0.221 e. The molecule has 5 nitrogen and oxygen atoms in total. The van der Waals surface area contributed by atoms with Gasteiger partial charge in [-0.25, -0.2) is 0 Å². The highest BCUT2D eigenvalue weighted by Gasteiger charge is 2.12. The van der Waals surface area contributed by atoms with E-state index in [9.17, 15) is 4.79 Å². The smallest absolute Gasteiger partial charge is 0.221 e. The van der Waals surface area contributed by atoms with Gasteiger partial charge in [0.1, 0.15) is 0 Å². The summed E-state index contributed by atoms with van der Waals surface area (Å²) < 4.78 is 5.06. The maximum atomic E-state index is 11.4. The quantitative estimate of drug-likeness (QED) is 0.511. The molecule has 16 heavy (non-hydrogen) atoms. The van der Waals surface area contributed by atoms with Gasteiger partial charge in [0.2, 0.25) is 5.91 Å². The number of hydrogen-bond donors (Lipinski definition) is 3. The predicted molar refractivity (Wildman–Crippen MR) is 63.3 cm³/mol. The molecular formula is C11H24N2O3. The molecule has 0 atom stereocenters. The summed E-state index contributed by atoms with van der Waals surface area (Å²) >= 11 is 0. The molecule has 0 bridgehead atoms. The lowest BCUT2D eigenvalue weighted by Crippen LogP contribution is -2.41. The van der Waals surface area contributed by atoms with Crippen LogP contribution in [0.4, 0.5) is 0 Å². The summed E-state index contributed by atoms with van der Waals surface area (Å²) in [6, 6.07) is 0. The lowest BCUT2D eigenvalue weighted by Gasteiger charge is -2.20. The minimum absolute atomic E-state index is 0.0496. The highest BCUT2D eigenvalue weighted by Crippen LogP contribution is 1.98. The number of rotatable bonds is 8. The number of carbonyl (C=O) groups excluding carboxylic acids is 1. The zero-order valence-electron chi connectivity index (χ0n) is 10.5. The molecule has 0 aromatic carbocycles. The van der Waals surface area contributed by atoms with Gasteiger partial charge < -0.3 is 20.5 Å². The highest BCUT2D eigenvalue weighted by molar-refractivity contribution is 5.76. The van der Waals surface area contributed by atoms with E-state index in [0.717, 1.165) is 0 Å². The van der Waals surface area contributed by atoms with E-state index < -0.39 is 0 Å². The SMILES string of the molecule is CC(C)(C)NC(=O)CCNCCOCCO. The Morgan fingerprint density at radius 1 is 1.25 bits per heavy atom. The molecule has 0 saturated heterocycles. The number of ether oxygens (including phenoxy) is 1.